The predicted octanol–water partition coefficient (Wildman–Crippen LogP) is 2.62. The molecule has 4 nitrogen and oxygen atoms in total. The number of carboxylic acids is 1. The van der Waals surface area contributed by atoms with Crippen LogP contribution in [0.1, 0.15) is 55.6 Å². The molecule has 21 heavy (non-hydrogen) atoms. The lowest BCUT2D eigenvalue weighted by molar-refractivity contribution is -0.148. The second-order valence-electron chi connectivity index (χ2n) is 6.25. The van der Waals surface area contributed by atoms with Crippen molar-refractivity contribution in [3.05, 3.63) is 35.4 Å². The minimum atomic E-state index is -1.06. The van der Waals surface area contributed by atoms with E-state index in [1.54, 1.807) is 0 Å². The van der Waals surface area contributed by atoms with Crippen molar-refractivity contribution in [2.24, 2.45) is 0 Å². The van der Waals surface area contributed by atoms with Gasteiger partial charge in [-0.05, 0) is 30.4 Å². The Morgan fingerprint density at radius 1 is 1.10 bits per heavy atom. The van der Waals surface area contributed by atoms with Gasteiger partial charge in [-0.15, -0.1) is 0 Å². The van der Waals surface area contributed by atoms with Crippen LogP contribution in [0.25, 0.3) is 0 Å². The summed E-state index contributed by atoms with van der Waals surface area (Å²) in [6.07, 6.45) is 5.65. The minimum absolute atomic E-state index is 0.127. The first-order valence-corrected chi connectivity index (χ1v) is 7.76. The van der Waals surface area contributed by atoms with Gasteiger partial charge in [0.25, 0.3) is 0 Å². The summed E-state index contributed by atoms with van der Waals surface area (Å²) >= 11 is 0. The van der Waals surface area contributed by atoms with Crippen molar-refractivity contribution in [3.63, 3.8) is 0 Å². The van der Waals surface area contributed by atoms with E-state index in [4.69, 9.17) is 0 Å². The van der Waals surface area contributed by atoms with Gasteiger partial charge in [0.05, 0.1) is 5.92 Å². The van der Waals surface area contributed by atoms with Crippen LogP contribution in [0.4, 0.5) is 0 Å². The molecular formula is C17H21NO3. The summed E-state index contributed by atoms with van der Waals surface area (Å²) in [5.41, 5.74) is 1.19. The summed E-state index contributed by atoms with van der Waals surface area (Å²) in [6.45, 7) is 0. The van der Waals surface area contributed by atoms with Crippen molar-refractivity contribution < 1.29 is 14.7 Å². The molecule has 1 aromatic carbocycles. The van der Waals surface area contributed by atoms with E-state index in [1.165, 1.54) is 5.56 Å². The molecule has 1 fully saturated rings. The summed E-state index contributed by atoms with van der Waals surface area (Å²) < 4.78 is 0. The zero-order valence-corrected chi connectivity index (χ0v) is 12.1. The van der Waals surface area contributed by atoms with Gasteiger partial charge in [-0.25, -0.2) is 4.79 Å². The van der Waals surface area contributed by atoms with Gasteiger partial charge in [-0.1, -0.05) is 49.9 Å². The number of aliphatic carboxylic acids is 1. The van der Waals surface area contributed by atoms with Gasteiger partial charge in [0.15, 0.2) is 0 Å². The highest BCUT2D eigenvalue weighted by molar-refractivity contribution is 5.92. The maximum atomic E-state index is 12.5. The van der Waals surface area contributed by atoms with Crippen LogP contribution in [0.15, 0.2) is 24.3 Å². The third-order valence-electron chi connectivity index (χ3n) is 4.90. The van der Waals surface area contributed by atoms with Crippen LogP contribution in [-0.4, -0.2) is 22.5 Å². The van der Waals surface area contributed by atoms with Crippen molar-refractivity contribution in [3.8, 4) is 0 Å². The molecule has 1 atom stereocenters. The Kier molecular flexibility index (Phi) is 3.70. The molecule has 0 saturated heterocycles. The summed E-state index contributed by atoms with van der Waals surface area (Å²) in [5, 5.41) is 12.5. The Hall–Kier alpha value is -1.84. The SMILES string of the molecule is O=C(NC1(C(=O)O)CCCCCC1)C1Cc2ccccc21. The fraction of sp³-hybridized carbons (Fsp3) is 0.529. The Bertz CT molecular complexity index is 559. The zero-order chi connectivity index (χ0) is 14.9. The van der Waals surface area contributed by atoms with Gasteiger partial charge in [0.2, 0.25) is 5.91 Å². The highest BCUT2D eigenvalue weighted by Crippen LogP contribution is 2.36. The molecule has 0 spiro atoms. The Labute approximate surface area is 124 Å². The van der Waals surface area contributed by atoms with E-state index in [1.807, 2.05) is 24.3 Å². The number of rotatable bonds is 3. The standard InChI is InChI=1S/C17H21NO3/c19-15(14-11-12-7-3-4-8-13(12)14)18-17(16(20)21)9-5-1-2-6-10-17/h3-4,7-8,14H,1-2,5-6,9-11H2,(H,18,19)(H,20,21). The Morgan fingerprint density at radius 3 is 2.38 bits per heavy atom. The Balaban J connectivity index is 1.75. The van der Waals surface area contributed by atoms with Crippen LogP contribution in [0.3, 0.4) is 0 Å². The van der Waals surface area contributed by atoms with E-state index in [0.29, 0.717) is 12.8 Å². The third-order valence-corrected chi connectivity index (χ3v) is 4.90. The quantitative estimate of drug-likeness (QED) is 0.840. The number of nitrogens with one attached hydrogen (secondary N) is 1. The minimum Gasteiger partial charge on any atom is -0.480 e. The monoisotopic (exact) mass is 287 g/mol. The fourth-order valence-corrected chi connectivity index (χ4v) is 3.54. The second-order valence-corrected chi connectivity index (χ2v) is 6.25. The molecule has 2 N–H and O–H groups in total. The molecule has 2 aliphatic carbocycles. The molecule has 1 amide bonds. The molecule has 0 heterocycles. The van der Waals surface area contributed by atoms with E-state index in [2.05, 4.69) is 5.32 Å². The number of carboxylic acid groups (broad SMARTS) is 1. The number of fused-ring (bicyclic) bond motifs is 1. The number of benzene rings is 1. The number of amides is 1. The van der Waals surface area contributed by atoms with E-state index in [9.17, 15) is 14.7 Å². The average Bonchev–Trinajstić information content (AvgIpc) is 2.67. The first-order chi connectivity index (χ1) is 10.1. The second kappa shape index (κ2) is 5.51. The van der Waals surface area contributed by atoms with E-state index < -0.39 is 11.5 Å². The predicted molar refractivity (Wildman–Crippen MR) is 79.1 cm³/mol. The van der Waals surface area contributed by atoms with Gasteiger partial charge < -0.3 is 10.4 Å². The molecule has 112 valence electrons. The lowest BCUT2D eigenvalue weighted by Crippen LogP contribution is -2.56. The lowest BCUT2D eigenvalue weighted by Gasteiger charge is -2.35. The van der Waals surface area contributed by atoms with Gasteiger partial charge in [0.1, 0.15) is 5.54 Å². The highest BCUT2D eigenvalue weighted by Gasteiger charge is 2.43. The van der Waals surface area contributed by atoms with Crippen LogP contribution in [-0.2, 0) is 16.0 Å². The van der Waals surface area contributed by atoms with Crippen LogP contribution in [0.5, 0.6) is 0 Å². The number of carbonyl (C=O) groups excluding carboxylic acids is 1. The lowest BCUT2D eigenvalue weighted by atomic mass is 9.76. The zero-order valence-electron chi connectivity index (χ0n) is 12.1. The van der Waals surface area contributed by atoms with Crippen molar-refractivity contribution in [2.75, 3.05) is 0 Å². The molecule has 0 bridgehead atoms. The summed E-state index contributed by atoms with van der Waals surface area (Å²) in [5.74, 6) is -1.19. The highest BCUT2D eigenvalue weighted by atomic mass is 16.4. The molecular weight excluding hydrogens is 266 g/mol. The molecule has 4 heteroatoms. The summed E-state index contributed by atoms with van der Waals surface area (Å²) in [4.78, 5) is 24.2. The van der Waals surface area contributed by atoms with Gasteiger partial charge in [0, 0.05) is 0 Å². The molecule has 1 aromatic rings. The van der Waals surface area contributed by atoms with Gasteiger partial charge in [-0.2, -0.15) is 0 Å². The number of carbonyl (C=O) groups is 2. The number of hydrogen-bond donors (Lipinski definition) is 2. The van der Waals surface area contributed by atoms with Crippen LogP contribution in [0, 0.1) is 0 Å². The van der Waals surface area contributed by atoms with Gasteiger partial charge >= 0.3 is 5.97 Å². The maximum Gasteiger partial charge on any atom is 0.329 e. The summed E-state index contributed by atoms with van der Waals surface area (Å²) in [6, 6.07) is 7.88. The molecule has 1 saturated carbocycles. The van der Waals surface area contributed by atoms with Crippen LogP contribution < -0.4 is 5.32 Å². The van der Waals surface area contributed by atoms with E-state index in [0.717, 1.165) is 37.7 Å². The molecule has 0 aliphatic heterocycles. The van der Waals surface area contributed by atoms with Crippen molar-refractivity contribution in [2.45, 2.75) is 56.4 Å². The first kappa shape index (κ1) is 14.1. The van der Waals surface area contributed by atoms with Crippen molar-refractivity contribution in [1.82, 2.24) is 5.32 Å². The average molecular weight is 287 g/mol. The maximum absolute atomic E-state index is 12.5. The number of hydrogen-bond acceptors (Lipinski definition) is 2. The molecule has 1 unspecified atom stereocenters. The molecule has 3 rings (SSSR count). The first-order valence-electron chi connectivity index (χ1n) is 7.76. The van der Waals surface area contributed by atoms with E-state index >= 15 is 0 Å². The Morgan fingerprint density at radius 2 is 1.76 bits per heavy atom. The van der Waals surface area contributed by atoms with Crippen molar-refractivity contribution >= 4 is 11.9 Å². The molecule has 2 aliphatic rings. The fourth-order valence-electron chi connectivity index (χ4n) is 3.54. The van der Waals surface area contributed by atoms with Gasteiger partial charge in [-0.3, -0.25) is 4.79 Å². The molecule has 0 radical (unpaired) electrons. The van der Waals surface area contributed by atoms with Crippen LogP contribution >= 0.6 is 0 Å². The van der Waals surface area contributed by atoms with Crippen molar-refractivity contribution in [1.29, 1.82) is 0 Å². The van der Waals surface area contributed by atoms with E-state index in [-0.39, 0.29) is 11.8 Å². The third kappa shape index (κ3) is 2.55. The largest absolute Gasteiger partial charge is 0.480 e. The summed E-state index contributed by atoms with van der Waals surface area (Å²) in [7, 11) is 0. The smallest absolute Gasteiger partial charge is 0.329 e. The normalized spacial score (nSPS) is 23.3. The molecule has 0 aromatic heterocycles. The van der Waals surface area contributed by atoms with Crippen LogP contribution in [0.2, 0.25) is 0 Å². The topological polar surface area (TPSA) is 66.4 Å².